The number of benzene rings is 1. The Kier molecular flexibility index (Phi) is 5.56. The van der Waals surface area contributed by atoms with Gasteiger partial charge in [0.2, 0.25) is 0 Å². The van der Waals surface area contributed by atoms with Crippen LogP contribution in [0.3, 0.4) is 0 Å². The number of aromatic amines is 1. The van der Waals surface area contributed by atoms with Crippen LogP contribution in [0.5, 0.6) is 0 Å². The molecule has 6 nitrogen and oxygen atoms in total. The van der Waals surface area contributed by atoms with Crippen molar-refractivity contribution >= 4 is 5.91 Å². The molecule has 1 atom stereocenters. The second-order valence-corrected chi connectivity index (χ2v) is 5.91. The van der Waals surface area contributed by atoms with Gasteiger partial charge in [-0.25, -0.2) is 0 Å². The fourth-order valence-electron chi connectivity index (χ4n) is 2.69. The van der Waals surface area contributed by atoms with E-state index in [0.717, 1.165) is 11.1 Å². The van der Waals surface area contributed by atoms with Gasteiger partial charge in [-0.2, -0.15) is 0 Å². The minimum atomic E-state index is -0.517. The van der Waals surface area contributed by atoms with Gasteiger partial charge in [-0.3, -0.25) is 14.6 Å². The number of aliphatic hydroxyl groups excluding tert-OH is 1. The van der Waals surface area contributed by atoms with Crippen LogP contribution in [0.2, 0.25) is 0 Å². The molecule has 26 heavy (non-hydrogen) atoms. The summed E-state index contributed by atoms with van der Waals surface area (Å²) in [4.78, 5) is 31.2. The lowest BCUT2D eigenvalue weighted by atomic mass is 10.0. The second kappa shape index (κ2) is 8.22. The van der Waals surface area contributed by atoms with Crippen molar-refractivity contribution in [1.29, 1.82) is 0 Å². The van der Waals surface area contributed by atoms with Gasteiger partial charge in [-0.15, -0.1) is 0 Å². The Morgan fingerprint density at radius 3 is 2.54 bits per heavy atom. The fourth-order valence-corrected chi connectivity index (χ4v) is 2.69. The van der Waals surface area contributed by atoms with Gasteiger partial charge in [0.1, 0.15) is 5.56 Å². The van der Waals surface area contributed by atoms with Gasteiger partial charge in [0.05, 0.1) is 12.6 Å². The lowest BCUT2D eigenvalue weighted by Crippen LogP contribution is -2.41. The highest BCUT2D eigenvalue weighted by Crippen LogP contribution is 2.17. The summed E-state index contributed by atoms with van der Waals surface area (Å²) in [5.41, 5.74) is 2.07. The van der Waals surface area contributed by atoms with E-state index in [1.165, 1.54) is 0 Å². The van der Waals surface area contributed by atoms with Crippen molar-refractivity contribution in [3.63, 3.8) is 0 Å². The van der Waals surface area contributed by atoms with E-state index in [2.05, 4.69) is 15.3 Å². The molecule has 0 saturated carbocycles. The molecule has 0 unspecified atom stereocenters. The van der Waals surface area contributed by atoms with Crippen molar-refractivity contribution in [2.24, 2.45) is 0 Å². The van der Waals surface area contributed by atoms with Crippen molar-refractivity contribution in [2.75, 3.05) is 6.61 Å². The van der Waals surface area contributed by atoms with Crippen LogP contribution in [-0.4, -0.2) is 33.6 Å². The van der Waals surface area contributed by atoms with Gasteiger partial charge < -0.3 is 15.4 Å². The number of aliphatic hydroxyl groups is 1. The topological polar surface area (TPSA) is 95.1 Å². The molecule has 0 aliphatic heterocycles. The van der Waals surface area contributed by atoms with Crippen molar-refractivity contribution in [1.82, 2.24) is 15.3 Å². The minimum Gasteiger partial charge on any atom is -0.394 e. The van der Waals surface area contributed by atoms with Crippen molar-refractivity contribution < 1.29 is 9.90 Å². The van der Waals surface area contributed by atoms with Gasteiger partial charge in [0, 0.05) is 18.6 Å². The van der Waals surface area contributed by atoms with Gasteiger partial charge in [-0.1, -0.05) is 30.3 Å². The maximum Gasteiger partial charge on any atom is 0.260 e. The van der Waals surface area contributed by atoms with Gasteiger partial charge >= 0.3 is 0 Å². The maximum atomic E-state index is 12.6. The molecule has 132 valence electrons. The normalized spacial score (nSPS) is 11.7. The zero-order valence-corrected chi connectivity index (χ0v) is 14.1. The zero-order chi connectivity index (χ0) is 18.4. The molecule has 0 aliphatic rings. The van der Waals surface area contributed by atoms with Crippen molar-refractivity contribution in [2.45, 2.75) is 12.5 Å². The Hall–Kier alpha value is -3.25. The van der Waals surface area contributed by atoms with Crippen LogP contribution in [0, 0.1) is 0 Å². The average molecular weight is 349 g/mol. The van der Waals surface area contributed by atoms with Crippen LogP contribution in [0.15, 0.2) is 71.9 Å². The predicted octanol–water partition coefficient (Wildman–Crippen LogP) is 1.77. The number of hydrogen-bond donors (Lipinski definition) is 3. The highest BCUT2D eigenvalue weighted by molar-refractivity contribution is 5.95. The van der Waals surface area contributed by atoms with Crippen molar-refractivity contribution in [3.05, 3.63) is 88.6 Å². The summed E-state index contributed by atoms with van der Waals surface area (Å²) in [5, 5.41) is 12.3. The number of amides is 1. The third-order valence-electron chi connectivity index (χ3n) is 4.04. The number of pyridine rings is 2. The molecule has 1 amide bonds. The third-order valence-corrected chi connectivity index (χ3v) is 4.04. The molecule has 0 bridgehead atoms. The Bertz CT molecular complexity index is 924. The van der Waals surface area contributed by atoms with E-state index in [4.69, 9.17) is 0 Å². The Balaban J connectivity index is 1.79. The molecule has 3 aromatic rings. The number of nitrogens with one attached hydrogen (secondary N) is 2. The number of aromatic nitrogens is 2. The number of H-pyrrole nitrogens is 1. The maximum absolute atomic E-state index is 12.6. The first-order chi connectivity index (χ1) is 12.7. The quantitative estimate of drug-likeness (QED) is 0.632. The standard InChI is InChI=1S/C20H19N3O3/c24-13-17(10-14-4-2-1-3-5-14)23-20(26)18-11-16(12-22-19(18)25)15-6-8-21-9-7-15/h1-9,11-12,17,24H,10,13H2,(H,22,25)(H,23,26)/t17-/m0/s1. The van der Waals surface area contributed by atoms with E-state index in [-0.39, 0.29) is 12.2 Å². The van der Waals surface area contributed by atoms with E-state index >= 15 is 0 Å². The summed E-state index contributed by atoms with van der Waals surface area (Å²) >= 11 is 0. The Morgan fingerprint density at radius 2 is 1.85 bits per heavy atom. The Morgan fingerprint density at radius 1 is 1.12 bits per heavy atom. The molecule has 3 N–H and O–H groups in total. The molecule has 3 rings (SSSR count). The Labute approximate surface area is 150 Å². The van der Waals surface area contributed by atoms with E-state index in [1.54, 1.807) is 36.8 Å². The number of nitrogens with zero attached hydrogens (tertiary/aromatic N) is 1. The highest BCUT2D eigenvalue weighted by atomic mass is 16.3. The van der Waals surface area contributed by atoms with Crippen LogP contribution in [0.4, 0.5) is 0 Å². The summed E-state index contributed by atoms with van der Waals surface area (Å²) in [6, 6.07) is 14.2. The molecule has 0 saturated heterocycles. The molecule has 2 heterocycles. The molecule has 0 fully saturated rings. The molecule has 0 spiro atoms. The van der Waals surface area contributed by atoms with Crippen LogP contribution < -0.4 is 10.9 Å². The van der Waals surface area contributed by atoms with Gasteiger partial charge in [0.25, 0.3) is 11.5 Å². The largest absolute Gasteiger partial charge is 0.394 e. The summed E-state index contributed by atoms with van der Waals surface area (Å²) in [6.45, 7) is -0.220. The zero-order valence-electron chi connectivity index (χ0n) is 14.1. The lowest BCUT2D eigenvalue weighted by Gasteiger charge is -2.16. The number of carbonyl (C=O) groups is 1. The van der Waals surface area contributed by atoms with E-state index in [0.29, 0.717) is 12.0 Å². The first-order valence-electron chi connectivity index (χ1n) is 8.26. The molecule has 2 aromatic heterocycles. The van der Waals surface area contributed by atoms with Crippen LogP contribution in [-0.2, 0) is 6.42 Å². The van der Waals surface area contributed by atoms with Crippen LogP contribution in [0.25, 0.3) is 11.1 Å². The second-order valence-electron chi connectivity index (χ2n) is 5.91. The first kappa shape index (κ1) is 17.6. The molecule has 6 heteroatoms. The van der Waals surface area contributed by atoms with Gasteiger partial charge in [0.15, 0.2) is 0 Å². The van der Waals surface area contributed by atoms with Crippen molar-refractivity contribution in [3.8, 4) is 11.1 Å². The molecule has 1 aromatic carbocycles. The first-order valence-corrected chi connectivity index (χ1v) is 8.26. The predicted molar refractivity (Wildman–Crippen MR) is 98.8 cm³/mol. The highest BCUT2D eigenvalue weighted by Gasteiger charge is 2.17. The summed E-state index contributed by atoms with van der Waals surface area (Å²) in [5.74, 6) is -0.517. The molecule has 0 radical (unpaired) electrons. The monoisotopic (exact) mass is 349 g/mol. The molecular formula is C20H19N3O3. The summed E-state index contributed by atoms with van der Waals surface area (Å²) < 4.78 is 0. The summed E-state index contributed by atoms with van der Waals surface area (Å²) in [6.07, 6.45) is 5.32. The fraction of sp³-hybridized carbons (Fsp3) is 0.150. The lowest BCUT2D eigenvalue weighted by molar-refractivity contribution is 0.0915. The van der Waals surface area contributed by atoms with Crippen LogP contribution >= 0.6 is 0 Å². The molecular weight excluding hydrogens is 330 g/mol. The smallest absolute Gasteiger partial charge is 0.260 e. The summed E-state index contributed by atoms with van der Waals surface area (Å²) in [7, 11) is 0. The van der Waals surface area contributed by atoms with Gasteiger partial charge in [-0.05, 0) is 41.3 Å². The van der Waals surface area contributed by atoms with E-state index in [1.807, 2.05) is 30.3 Å². The van der Waals surface area contributed by atoms with Crippen LogP contribution in [0.1, 0.15) is 15.9 Å². The average Bonchev–Trinajstić information content (AvgIpc) is 2.69. The SMILES string of the molecule is O=C(N[C@H](CO)Cc1ccccc1)c1cc(-c2ccncc2)c[nH]c1=O. The van der Waals surface area contributed by atoms with E-state index < -0.39 is 17.5 Å². The minimum absolute atomic E-state index is 0.00539. The third kappa shape index (κ3) is 4.23. The number of carbonyl (C=O) groups excluding carboxylic acids is 1. The van der Waals surface area contributed by atoms with E-state index in [9.17, 15) is 14.7 Å². The number of hydrogen-bond acceptors (Lipinski definition) is 4. The number of rotatable bonds is 6. The molecule has 0 aliphatic carbocycles.